The first kappa shape index (κ1) is 19.0. The quantitative estimate of drug-likeness (QED) is 0.770. The Bertz CT molecular complexity index is 581. The van der Waals surface area contributed by atoms with E-state index in [-0.39, 0.29) is 24.7 Å². The topological polar surface area (TPSA) is 49.9 Å². The Morgan fingerprint density at radius 2 is 1.71 bits per heavy atom. The van der Waals surface area contributed by atoms with E-state index in [1.807, 2.05) is 12.1 Å². The molecule has 7 heteroatoms. The molecule has 1 fully saturated rings. The summed E-state index contributed by atoms with van der Waals surface area (Å²) in [7, 11) is 1.54. The van der Waals surface area contributed by atoms with Gasteiger partial charge in [0.15, 0.2) is 0 Å². The molecule has 0 saturated carbocycles. The molecule has 0 aromatic heterocycles. The van der Waals surface area contributed by atoms with Gasteiger partial charge < -0.3 is 19.3 Å². The van der Waals surface area contributed by atoms with Crippen LogP contribution in [0.25, 0.3) is 0 Å². The first-order chi connectivity index (χ1) is 11.4. The number of rotatable bonds is 6. The maximum atomic E-state index is 12.6. The summed E-state index contributed by atoms with van der Waals surface area (Å²) in [5.41, 5.74) is 0.955. The Balaban J connectivity index is 1.98. The monoisotopic (exact) mass is 372 g/mol. The predicted molar refractivity (Wildman–Crippen MR) is 95.9 cm³/mol. The summed E-state index contributed by atoms with van der Waals surface area (Å²) >= 11 is 12.1. The van der Waals surface area contributed by atoms with Crippen molar-refractivity contribution in [3.63, 3.8) is 0 Å². The Morgan fingerprint density at radius 1 is 1.12 bits per heavy atom. The Labute approximate surface area is 152 Å². The van der Waals surface area contributed by atoms with Crippen LogP contribution in [-0.4, -0.2) is 56.5 Å². The lowest BCUT2D eigenvalue weighted by Crippen LogP contribution is -2.51. The molecule has 0 aliphatic carbocycles. The number of benzene rings is 1. The van der Waals surface area contributed by atoms with Crippen molar-refractivity contribution in [2.75, 3.05) is 44.8 Å². The number of methoxy groups -OCH3 is 1. The van der Waals surface area contributed by atoms with E-state index in [1.165, 1.54) is 6.92 Å². The van der Waals surface area contributed by atoms with Crippen LogP contribution >= 0.6 is 23.2 Å². The van der Waals surface area contributed by atoms with E-state index in [1.54, 1.807) is 18.1 Å². The number of amides is 1. The van der Waals surface area contributed by atoms with Crippen molar-refractivity contribution in [1.29, 1.82) is 0 Å². The normalized spacial score (nSPS) is 16.2. The third kappa shape index (κ3) is 5.10. The van der Waals surface area contributed by atoms with E-state index in [9.17, 15) is 9.59 Å². The van der Waals surface area contributed by atoms with Gasteiger partial charge in [-0.25, -0.2) is 0 Å². The molecule has 2 rings (SSSR count). The Hall–Kier alpha value is -1.30. The predicted octanol–water partition coefficient (Wildman–Crippen LogP) is 2.88. The minimum atomic E-state index is -0.403. The highest BCUT2D eigenvalue weighted by Crippen LogP contribution is 2.26. The van der Waals surface area contributed by atoms with Gasteiger partial charge in [0.1, 0.15) is 5.78 Å². The van der Waals surface area contributed by atoms with Crippen LogP contribution < -0.4 is 4.90 Å². The number of anilines is 1. The molecule has 132 valence electrons. The fraction of sp³-hybridized carbons (Fsp3) is 0.529. The number of halogens is 2. The number of piperazine rings is 1. The van der Waals surface area contributed by atoms with Crippen molar-refractivity contribution in [3.05, 3.63) is 28.2 Å². The maximum Gasteiger partial charge on any atom is 0.228 e. The van der Waals surface area contributed by atoms with Crippen LogP contribution in [0.15, 0.2) is 18.2 Å². The minimum absolute atomic E-state index is 0.00222. The van der Waals surface area contributed by atoms with Crippen LogP contribution in [0.5, 0.6) is 0 Å². The smallest absolute Gasteiger partial charge is 0.228 e. The van der Waals surface area contributed by atoms with Crippen LogP contribution in [0.2, 0.25) is 10.0 Å². The number of nitrogens with zero attached hydrogens (tertiary/aromatic N) is 2. The summed E-state index contributed by atoms with van der Waals surface area (Å²) in [6.07, 6.45) is 0.219. The second-order valence-electron chi connectivity index (χ2n) is 6.00. The molecule has 1 aromatic carbocycles. The number of Topliss-reactive ketones (excluding diaryl/α,β-unsaturated/α-hetero) is 1. The summed E-state index contributed by atoms with van der Waals surface area (Å²) < 4.78 is 5.09. The first-order valence-corrected chi connectivity index (χ1v) is 8.64. The van der Waals surface area contributed by atoms with Gasteiger partial charge in [0.2, 0.25) is 5.91 Å². The van der Waals surface area contributed by atoms with Crippen LogP contribution in [-0.2, 0) is 14.3 Å². The SMILES string of the molecule is COCC(CC(C)=O)C(=O)N1CCN(c2cc(Cl)cc(Cl)c2)CC1. The fourth-order valence-corrected chi connectivity index (χ4v) is 3.45. The molecule has 5 nitrogen and oxygen atoms in total. The Kier molecular flexibility index (Phi) is 6.90. The number of hydrogen-bond acceptors (Lipinski definition) is 4. The molecule has 0 N–H and O–H groups in total. The highest BCUT2D eigenvalue weighted by Gasteiger charge is 2.28. The van der Waals surface area contributed by atoms with Gasteiger partial charge >= 0.3 is 0 Å². The second kappa shape index (κ2) is 8.70. The second-order valence-corrected chi connectivity index (χ2v) is 6.87. The zero-order chi connectivity index (χ0) is 17.7. The molecular formula is C17H22Cl2N2O3. The van der Waals surface area contributed by atoms with Crippen molar-refractivity contribution >= 4 is 40.6 Å². The Morgan fingerprint density at radius 3 is 2.21 bits per heavy atom. The summed E-state index contributed by atoms with van der Waals surface area (Å²) in [6.45, 7) is 4.35. The highest BCUT2D eigenvalue weighted by atomic mass is 35.5. The standard InChI is InChI=1S/C17H22Cl2N2O3/c1-12(22)7-13(11-24-2)17(23)21-5-3-20(4-6-21)16-9-14(18)8-15(19)10-16/h8-10,13H,3-7,11H2,1-2H3. The third-order valence-corrected chi connectivity index (χ3v) is 4.49. The molecule has 1 aliphatic heterocycles. The van der Waals surface area contributed by atoms with E-state index in [0.717, 1.165) is 5.69 Å². The van der Waals surface area contributed by atoms with Gasteiger partial charge in [0.05, 0.1) is 12.5 Å². The summed E-state index contributed by atoms with van der Waals surface area (Å²) in [4.78, 5) is 27.9. The number of carbonyl (C=O) groups is 2. The summed E-state index contributed by atoms with van der Waals surface area (Å²) in [5, 5.41) is 1.19. The van der Waals surface area contributed by atoms with Crippen LogP contribution in [0.1, 0.15) is 13.3 Å². The lowest BCUT2D eigenvalue weighted by molar-refractivity contribution is -0.139. The zero-order valence-corrected chi connectivity index (χ0v) is 15.4. The molecule has 1 aromatic rings. The molecule has 24 heavy (non-hydrogen) atoms. The van der Waals surface area contributed by atoms with Crippen molar-refractivity contribution in [2.45, 2.75) is 13.3 Å². The molecular weight excluding hydrogens is 351 g/mol. The lowest BCUT2D eigenvalue weighted by Gasteiger charge is -2.37. The molecule has 1 aliphatic rings. The fourth-order valence-electron chi connectivity index (χ4n) is 2.93. The van der Waals surface area contributed by atoms with Gasteiger partial charge in [0, 0.05) is 55.4 Å². The van der Waals surface area contributed by atoms with Crippen molar-refractivity contribution < 1.29 is 14.3 Å². The molecule has 0 radical (unpaired) electrons. The number of carbonyl (C=O) groups excluding carboxylic acids is 2. The summed E-state index contributed by atoms with van der Waals surface area (Å²) in [5.74, 6) is -0.423. The molecule has 1 heterocycles. The highest BCUT2D eigenvalue weighted by molar-refractivity contribution is 6.35. The van der Waals surface area contributed by atoms with Crippen LogP contribution in [0.4, 0.5) is 5.69 Å². The number of ketones is 1. The molecule has 1 atom stereocenters. The van der Waals surface area contributed by atoms with Crippen LogP contribution in [0, 0.1) is 5.92 Å². The van der Waals surface area contributed by atoms with E-state index in [0.29, 0.717) is 36.2 Å². The number of ether oxygens (including phenoxy) is 1. The van der Waals surface area contributed by atoms with Gasteiger partial charge in [-0.2, -0.15) is 0 Å². The average Bonchev–Trinajstić information content (AvgIpc) is 2.52. The molecule has 0 bridgehead atoms. The number of hydrogen-bond donors (Lipinski definition) is 0. The van der Waals surface area contributed by atoms with E-state index >= 15 is 0 Å². The van der Waals surface area contributed by atoms with E-state index in [4.69, 9.17) is 27.9 Å². The largest absolute Gasteiger partial charge is 0.384 e. The first-order valence-electron chi connectivity index (χ1n) is 7.89. The minimum Gasteiger partial charge on any atom is -0.384 e. The van der Waals surface area contributed by atoms with E-state index in [2.05, 4.69) is 4.90 Å². The van der Waals surface area contributed by atoms with Crippen molar-refractivity contribution in [3.8, 4) is 0 Å². The third-order valence-electron chi connectivity index (χ3n) is 4.05. The zero-order valence-electron chi connectivity index (χ0n) is 13.9. The molecule has 1 amide bonds. The van der Waals surface area contributed by atoms with Gasteiger partial charge in [-0.3, -0.25) is 4.79 Å². The molecule has 1 saturated heterocycles. The van der Waals surface area contributed by atoms with Gasteiger partial charge in [0.25, 0.3) is 0 Å². The van der Waals surface area contributed by atoms with Gasteiger partial charge in [-0.05, 0) is 25.1 Å². The summed E-state index contributed by atoms with van der Waals surface area (Å²) in [6, 6.07) is 5.44. The van der Waals surface area contributed by atoms with Crippen molar-refractivity contribution in [2.24, 2.45) is 5.92 Å². The van der Waals surface area contributed by atoms with Gasteiger partial charge in [-0.1, -0.05) is 23.2 Å². The van der Waals surface area contributed by atoms with Crippen molar-refractivity contribution in [1.82, 2.24) is 4.90 Å². The average molecular weight is 373 g/mol. The lowest BCUT2D eigenvalue weighted by atomic mass is 10.0. The maximum absolute atomic E-state index is 12.6. The van der Waals surface area contributed by atoms with Gasteiger partial charge in [-0.15, -0.1) is 0 Å². The van der Waals surface area contributed by atoms with E-state index < -0.39 is 5.92 Å². The van der Waals surface area contributed by atoms with Crippen LogP contribution in [0.3, 0.4) is 0 Å². The molecule has 0 spiro atoms. The molecule has 1 unspecified atom stereocenters.